The molecule has 1 aromatic carbocycles. The van der Waals surface area contributed by atoms with Gasteiger partial charge in [0.1, 0.15) is 11.6 Å². The Balaban J connectivity index is 3.29. The minimum Gasteiger partial charge on any atom is -0.365 e. The molecule has 0 saturated heterocycles. The summed E-state index contributed by atoms with van der Waals surface area (Å²) in [5.74, 6) is -0.658. The third-order valence-electron chi connectivity index (χ3n) is 2.28. The lowest BCUT2D eigenvalue weighted by molar-refractivity contribution is -0.114. The van der Waals surface area contributed by atoms with Crippen molar-refractivity contribution in [2.24, 2.45) is 5.73 Å². The molecule has 0 aliphatic carbocycles. The molecule has 0 radical (unpaired) electrons. The second kappa shape index (κ2) is 5.72. The predicted octanol–water partition coefficient (Wildman–Crippen LogP) is 2.25. The zero-order chi connectivity index (χ0) is 12.0. The summed E-state index contributed by atoms with van der Waals surface area (Å²) in [4.78, 5) is 11.2. The maximum atomic E-state index is 11.2. The topological polar surface area (TPSA) is 66.9 Å². The van der Waals surface area contributed by atoms with Gasteiger partial charge >= 0.3 is 0 Å². The lowest BCUT2D eigenvalue weighted by Crippen LogP contribution is -2.14. The van der Waals surface area contributed by atoms with E-state index in [1.807, 2.05) is 43.3 Å². The Kier molecular flexibility index (Phi) is 4.28. The predicted molar refractivity (Wildman–Crippen MR) is 63.1 cm³/mol. The molecule has 0 aliphatic rings. The van der Waals surface area contributed by atoms with E-state index in [1.165, 1.54) is 0 Å². The van der Waals surface area contributed by atoms with Crippen LogP contribution in [-0.2, 0) is 4.79 Å². The van der Waals surface area contributed by atoms with Gasteiger partial charge in [0.15, 0.2) is 0 Å². The summed E-state index contributed by atoms with van der Waals surface area (Å²) in [6.07, 6.45) is 1.54. The van der Waals surface area contributed by atoms with Crippen molar-refractivity contribution < 1.29 is 4.79 Å². The molecule has 0 saturated carbocycles. The first-order chi connectivity index (χ1) is 7.70. The highest BCUT2D eigenvalue weighted by Crippen LogP contribution is 2.23. The SMILES string of the molecule is CCC/C(=C(/C#N)C(N)=O)c1ccccc1. The summed E-state index contributed by atoms with van der Waals surface area (Å²) in [6.45, 7) is 2.00. The summed E-state index contributed by atoms with van der Waals surface area (Å²) in [6, 6.07) is 11.3. The van der Waals surface area contributed by atoms with Gasteiger partial charge in [-0.15, -0.1) is 0 Å². The summed E-state index contributed by atoms with van der Waals surface area (Å²) < 4.78 is 0. The Morgan fingerprint density at radius 1 is 1.38 bits per heavy atom. The number of amides is 1. The Morgan fingerprint density at radius 3 is 2.44 bits per heavy atom. The molecule has 1 aromatic rings. The van der Waals surface area contributed by atoms with Crippen LogP contribution in [0, 0.1) is 11.3 Å². The maximum Gasteiger partial charge on any atom is 0.259 e. The van der Waals surface area contributed by atoms with Crippen LogP contribution < -0.4 is 5.73 Å². The summed E-state index contributed by atoms with van der Waals surface area (Å²) in [5, 5.41) is 8.95. The highest BCUT2D eigenvalue weighted by Gasteiger charge is 2.12. The largest absolute Gasteiger partial charge is 0.365 e. The highest BCUT2D eigenvalue weighted by atomic mass is 16.1. The molecule has 3 heteroatoms. The molecule has 0 spiro atoms. The van der Waals surface area contributed by atoms with Crippen LogP contribution in [0.4, 0.5) is 0 Å². The molecular weight excluding hydrogens is 200 g/mol. The smallest absolute Gasteiger partial charge is 0.259 e. The third-order valence-corrected chi connectivity index (χ3v) is 2.28. The van der Waals surface area contributed by atoms with Gasteiger partial charge in [0.25, 0.3) is 5.91 Å². The van der Waals surface area contributed by atoms with E-state index in [0.29, 0.717) is 6.42 Å². The summed E-state index contributed by atoms with van der Waals surface area (Å²) in [5.41, 5.74) is 6.88. The van der Waals surface area contributed by atoms with Crippen LogP contribution >= 0.6 is 0 Å². The van der Waals surface area contributed by atoms with E-state index in [9.17, 15) is 4.79 Å². The molecule has 0 unspecified atom stereocenters. The van der Waals surface area contributed by atoms with Crippen molar-refractivity contribution in [2.75, 3.05) is 0 Å². The fraction of sp³-hybridized carbons (Fsp3) is 0.231. The molecule has 1 rings (SSSR count). The van der Waals surface area contributed by atoms with Crippen molar-refractivity contribution in [3.63, 3.8) is 0 Å². The molecule has 0 bridgehead atoms. The number of hydrogen-bond donors (Lipinski definition) is 1. The monoisotopic (exact) mass is 214 g/mol. The van der Waals surface area contributed by atoms with Gasteiger partial charge < -0.3 is 5.73 Å². The van der Waals surface area contributed by atoms with E-state index in [2.05, 4.69) is 0 Å². The number of allylic oxidation sites excluding steroid dienone is 1. The number of primary amides is 1. The number of carbonyl (C=O) groups is 1. The minimum atomic E-state index is -0.658. The Hall–Kier alpha value is -2.08. The number of benzene rings is 1. The van der Waals surface area contributed by atoms with Crippen molar-refractivity contribution in [3.8, 4) is 6.07 Å². The van der Waals surface area contributed by atoms with Crippen molar-refractivity contribution in [2.45, 2.75) is 19.8 Å². The Labute approximate surface area is 95.2 Å². The molecule has 0 atom stereocenters. The number of nitriles is 1. The first-order valence-electron chi connectivity index (χ1n) is 5.19. The summed E-state index contributed by atoms with van der Waals surface area (Å²) >= 11 is 0. The third kappa shape index (κ3) is 2.71. The normalized spacial score (nSPS) is 11.5. The fourth-order valence-electron chi connectivity index (χ4n) is 1.57. The molecule has 0 aromatic heterocycles. The van der Waals surface area contributed by atoms with Crippen molar-refractivity contribution in [1.29, 1.82) is 5.26 Å². The zero-order valence-electron chi connectivity index (χ0n) is 9.23. The van der Waals surface area contributed by atoms with Crippen LogP contribution in [0.25, 0.3) is 5.57 Å². The van der Waals surface area contributed by atoms with Gasteiger partial charge in [-0.3, -0.25) is 4.79 Å². The molecule has 3 nitrogen and oxygen atoms in total. The molecule has 0 fully saturated rings. The van der Waals surface area contributed by atoms with Gasteiger partial charge in [-0.05, 0) is 17.6 Å². The van der Waals surface area contributed by atoms with Crippen molar-refractivity contribution in [1.82, 2.24) is 0 Å². The van der Waals surface area contributed by atoms with Gasteiger partial charge in [-0.1, -0.05) is 43.7 Å². The number of carbonyl (C=O) groups excluding carboxylic acids is 1. The molecule has 16 heavy (non-hydrogen) atoms. The van der Waals surface area contributed by atoms with Crippen molar-refractivity contribution >= 4 is 11.5 Å². The molecule has 0 aliphatic heterocycles. The van der Waals surface area contributed by atoms with E-state index < -0.39 is 5.91 Å². The van der Waals surface area contributed by atoms with Crippen LogP contribution in [0.1, 0.15) is 25.3 Å². The van der Waals surface area contributed by atoms with E-state index in [4.69, 9.17) is 11.0 Å². The van der Waals surface area contributed by atoms with E-state index in [-0.39, 0.29) is 5.57 Å². The number of nitrogens with two attached hydrogens (primary N) is 1. The molecule has 1 amide bonds. The van der Waals surface area contributed by atoms with Gasteiger partial charge in [-0.2, -0.15) is 5.26 Å². The highest BCUT2D eigenvalue weighted by molar-refractivity contribution is 6.03. The molecule has 0 heterocycles. The quantitative estimate of drug-likeness (QED) is 0.617. The van der Waals surface area contributed by atoms with Gasteiger partial charge in [0.2, 0.25) is 0 Å². The molecule has 82 valence electrons. The molecular formula is C13H14N2O. The molecule has 2 N–H and O–H groups in total. The average molecular weight is 214 g/mol. The van der Waals surface area contributed by atoms with Gasteiger partial charge in [0, 0.05) is 0 Å². The lowest BCUT2D eigenvalue weighted by Gasteiger charge is -2.07. The summed E-state index contributed by atoms with van der Waals surface area (Å²) in [7, 11) is 0. The Bertz CT molecular complexity index is 441. The first-order valence-corrected chi connectivity index (χ1v) is 5.19. The van der Waals surface area contributed by atoms with Crippen LogP contribution in [0.2, 0.25) is 0 Å². The minimum absolute atomic E-state index is 0.0630. The van der Waals surface area contributed by atoms with E-state index in [1.54, 1.807) is 0 Å². The second-order valence-corrected chi connectivity index (χ2v) is 3.45. The van der Waals surface area contributed by atoms with Crippen LogP contribution in [0.15, 0.2) is 35.9 Å². The van der Waals surface area contributed by atoms with Crippen molar-refractivity contribution in [3.05, 3.63) is 41.5 Å². The maximum absolute atomic E-state index is 11.2. The Morgan fingerprint density at radius 2 is 2.00 bits per heavy atom. The van der Waals surface area contributed by atoms with Crippen LogP contribution in [0.5, 0.6) is 0 Å². The average Bonchev–Trinajstić information content (AvgIpc) is 2.29. The van der Waals surface area contributed by atoms with E-state index >= 15 is 0 Å². The first kappa shape index (κ1) is 12.0. The number of nitrogens with zero attached hydrogens (tertiary/aromatic N) is 1. The lowest BCUT2D eigenvalue weighted by atomic mass is 9.96. The van der Waals surface area contributed by atoms with Gasteiger partial charge in [-0.25, -0.2) is 0 Å². The fourth-order valence-corrected chi connectivity index (χ4v) is 1.57. The van der Waals surface area contributed by atoms with Gasteiger partial charge in [0.05, 0.1) is 0 Å². The van der Waals surface area contributed by atoms with Crippen LogP contribution in [0.3, 0.4) is 0 Å². The standard InChI is InChI=1S/C13H14N2O/c1-2-6-11(12(9-14)13(15)16)10-7-4-3-5-8-10/h3-5,7-8H,2,6H2,1H3,(H2,15,16)/b12-11+. The zero-order valence-corrected chi connectivity index (χ0v) is 9.23. The number of rotatable bonds is 4. The van der Waals surface area contributed by atoms with Crippen LogP contribution in [-0.4, -0.2) is 5.91 Å². The second-order valence-electron chi connectivity index (χ2n) is 3.45. The van der Waals surface area contributed by atoms with E-state index in [0.717, 1.165) is 17.6 Å². The number of hydrogen-bond acceptors (Lipinski definition) is 2.